The second kappa shape index (κ2) is 6.10. The van der Waals surface area contributed by atoms with Gasteiger partial charge in [0.15, 0.2) is 0 Å². The van der Waals surface area contributed by atoms with Gasteiger partial charge in [-0.15, -0.1) is 0 Å². The van der Waals surface area contributed by atoms with Gasteiger partial charge in [0.25, 0.3) is 0 Å². The third-order valence-electron chi connectivity index (χ3n) is 4.18. The largest absolute Gasteiger partial charge is 0.465 e. The lowest BCUT2D eigenvalue weighted by Gasteiger charge is -2.23. The Hall–Kier alpha value is -2.64. The summed E-state index contributed by atoms with van der Waals surface area (Å²) in [6.45, 7) is 5.86. The predicted molar refractivity (Wildman–Crippen MR) is 86.6 cm³/mol. The van der Waals surface area contributed by atoms with E-state index in [-0.39, 0.29) is 24.3 Å². The van der Waals surface area contributed by atoms with E-state index in [9.17, 15) is 9.59 Å². The van der Waals surface area contributed by atoms with Gasteiger partial charge >= 0.3 is 5.97 Å². The number of nitrogens with zero attached hydrogens (tertiary/aromatic N) is 4. The second-order valence-electron chi connectivity index (χ2n) is 5.96. The summed E-state index contributed by atoms with van der Waals surface area (Å²) in [5.74, 6) is -0.0130. The van der Waals surface area contributed by atoms with E-state index >= 15 is 0 Å². The van der Waals surface area contributed by atoms with E-state index in [1.54, 1.807) is 11.6 Å². The summed E-state index contributed by atoms with van der Waals surface area (Å²) in [6.07, 6.45) is 2.27. The maximum Gasteiger partial charge on any atom is 0.327 e. The molecule has 1 atom stereocenters. The maximum absolute atomic E-state index is 12.2. The normalized spacial score (nSPS) is 16.7. The molecule has 0 spiro atoms. The minimum atomic E-state index is -0.378. The van der Waals surface area contributed by atoms with Gasteiger partial charge in [-0.05, 0) is 20.8 Å². The molecule has 0 bridgehead atoms. The number of ether oxygens (including phenoxy) is 1. The third-order valence-corrected chi connectivity index (χ3v) is 4.18. The Morgan fingerprint density at radius 1 is 1.38 bits per heavy atom. The molecule has 0 unspecified atom stereocenters. The number of nitrogens with one attached hydrogen (secondary N) is 1. The summed E-state index contributed by atoms with van der Waals surface area (Å²) in [5.41, 5.74) is 3.63. The smallest absolute Gasteiger partial charge is 0.327 e. The zero-order chi connectivity index (χ0) is 17.4. The van der Waals surface area contributed by atoms with Gasteiger partial charge in [-0.3, -0.25) is 14.3 Å². The summed E-state index contributed by atoms with van der Waals surface area (Å²) in [4.78, 5) is 24.0. The lowest BCUT2D eigenvalue weighted by Crippen LogP contribution is -2.26. The van der Waals surface area contributed by atoms with Crippen LogP contribution in [0.5, 0.6) is 0 Å². The first kappa shape index (κ1) is 16.2. The molecule has 3 rings (SSSR count). The SMILES string of the molecule is CCOC(=O)Cn1nc(C)c2c1NC(=O)C[C@H]2c1cn(C)nc1C. The second-order valence-corrected chi connectivity index (χ2v) is 5.96. The monoisotopic (exact) mass is 331 g/mol. The minimum Gasteiger partial charge on any atom is -0.465 e. The van der Waals surface area contributed by atoms with Gasteiger partial charge in [0, 0.05) is 36.7 Å². The highest BCUT2D eigenvalue weighted by Gasteiger charge is 2.34. The molecule has 0 radical (unpaired) electrons. The number of rotatable bonds is 4. The fraction of sp³-hybridized carbons (Fsp3) is 0.500. The number of carbonyl (C=O) groups is 2. The van der Waals surface area contributed by atoms with Gasteiger partial charge in [-0.2, -0.15) is 10.2 Å². The maximum atomic E-state index is 12.2. The molecule has 0 aromatic carbocycles. The summed E-state index contributed by atoms with van der Waals surface area (Å²) in [6, 6.07) is 0. The van der Waals surface area contributed by atoms with Crippen molar-refractivity contribution < 1.29 is 14.3 Å². The molecular formula is C16H21N5O3. The fourth-order valence-corrected chi connectivity index (χ4v) is 3.28. The van der Waals surface area contributed by atoms with Gasteiger partial charge < -0.3 is 10.1 Å². The number of hydrogen-bond donors (Lipinski definition) is 1. The standard InChI is InChI=1S/C16H21N5O3/c1-5-24-14(23)8-21-16-15(10(3)19-21)11(6-13(22)17-16)12-7-20(4)18-9(12)2/h7,11H,5-6,8H2,1-4H3,(H,17,22)/t11-/m0/s1. The highest BCUT2D eigenvalue weighted by Crippen LogP contribution is 2.40. The third kappa shape index (κ3) is 2.79. The van der Waals surface area contributed by atoms with Crippen molar-refractivity contribution in [2.24, 2.45) is 7.05 Å². The summed E-state index contributed by atoms with van der Waals surface area (Å²) < 4.78 is 8.24. The van der Waals surface area contributed by atoms with Crippen molar-refractivity contribution in [1.29, 1.82) is 0 Å². The van der Waals surface area contributed by atoms with Crippen LogP contribution in [0.2, 0.25) is 0 Å². The molecule has 0 aliphatic carbocycles. The van der Waals surface area contributed by atoms with Crippen LogP contribution >= 0.6 is 0 Å². The summed E-state index contributed by atoms with van der Waals surface area (Å²) in [7, 11) is 1.86. The number of esters is 1. The Kier molecular flexibility index (Phi) is 4.13. The van der Waals surface area contributed by atoms with E-state index in [1.807, 2.05) is 27.1 Å². The molecule has 2 aromatic heterocycles. The van der Waals surface area contributed by atoms with Crippen LogP contribution in [0.3, 0.4) is 0 Å². The number of aromatic nitrogens is 4. The summed E-state index contributed by atoms with van der Waals surface area (Å²) >= 11 is 0. The lowest BCUT2D eigenvalue weighted by atomic mass is 9.86. The van der Waals surface area contributed by atoms with Gasteiger partial charge in [-0.1, -0.05) is 0 Å². The Bertz CT molecular complexity index is 805. The quantitative estimate of drug-likeness (QED) is 0.852. The first-order valence-electron chi connectivity index (χ1n) is 7.93. The number of hydrogen-bond acceptors (Lipinski definition) is 5. The Morgan fingerprint density at radius 3 is 2.75 bits per heavy atom. The summed E-state index contributed by atoms with van der Waals surface area (Å²) in [5, 5.41) is 11.7. The molecule has 1 amide bonds. The van der Waals surface area contributed by atoms with Crippen LogP contribution in [-0.4, -0.2) is 38.0 Å². The van der Waals surface area contributed by atoms with E-state index < -0.39 is 0 Å². The Morgan fingerprint density at radius 2 is 2.12 bits per heavy atom. The van der Waals surface area contributed by atoms with Gasteiger partial charge in [0.05, 0.1) is 18.0 Å². The van der Waals surface area contributed by atoms with Crippen LogP contribution in [0, 0.1) is 13.8 Å². The van der Waals surface area contributed by atoms with Crippen molar-refractivity contribution in [3.8, 4) is 0 Å². The topological polar surface area (TPSA) is 91.0 Å². The number of anilines is 1. The van der Waals surface area contributed by atoms with Crippen LogP contribution in [0.4, 0.5) is 5.82 Å². The molecule has 1 N–H and O–H groups in total. The molecule has 0 saturated heterocycles. The number of aryl methyl sites for hydroxylation is 3. The van der Waals surface area contributed by atoms with Crippen molar-refractivity contribution in [3.05, 3.63) is 28.7 Å². The molecule has 24 heavy (non-hydrogen) atoms. The van der Waals surface area contributed by atoms with Crippen molar-refractivity contribution in [2.75, 3.05) is 11.9 Å². The van der Waals surface area contributed by atoms with Crippen molar-refractivity contribution >= 4 is 17.7 Å². The molecule has 8 heteroatoms. The number of amides is 1. The molecule has 3 heterocycles. The molecule has 128 valence electrons. The average Bonchev–Trinajstić information content (AvgIpc) is 2.98. The Balaban J connectivity index is 2.04. The Labute approximate surface area is 139 Å². The predicted octanol–water partition coefficient (Wildman–Crippen LogP) is 1.27. The van der Waals surface area contributed by atoms with Crippen LogP contribution in [0.25, 0.3) is 0 Å². The first-order valence-corrected chi connectivity index (χ1v) is 7.93. The number of carbonyl (C=O) groups excluding carboxylic acids is 2. The van der Waals surface area contributed by atoms with Crippen molar-refractivity contribution in [3.63, 3.8) is 0 Å². The van der Waals surface area contributed by atoms with Crippen molar-refractivity contribution in [1.82, 2.24) is 19.6 Å². The molecule has 1 aliphatic heterocycles. The molecule has 2 aromatic rings. The molecule has 8 nitrogen and oxygen atoms in total. The van der Waals surface area contributed by atoms with Gasteiger partial charge in [-0.25, -0.2) is 4.68 Å². The van der Waals surface area contributed by atoms with Crippen LogP contribution < -0.4 is 5.32 Å². The average molecular weight is 331 g/mol. The lowest BCUT2D eigenvalue weighted by molar-refractivity contribution is -0.144. The van der Waals surface area contributed by atoms with E-state index in [2.05, 4.69) is 15.5 Å². The first-order chi connectivity index (χ1) is 11.4. The van der Waals surface area contributed by atoms with E-state index in [0.29, 0.717) is 18.8 Å². The number of fused-ring (bicyclic) bond motifs is 1. The highest BCUT2D eigenvalue weighted by atomic mass is 16.5. The van der Waals surface area contributed by atoms with Crippen LogP contribution in [0.1, 0.15) is 41.8 Å². The van der Waals surface area contributed by atoms with Gasteiger partial charge in [0.1, 0.15) is 12.4 Å². The van der Waals surface area contributed by atoms with Gasteiger partial charge in [0.2, 0.25) is 5.91 Å². The highest BCUT2D eigenvalue weighted by molar-refractivity contribution is 5.95. The zero-order valence-electron chi connectivity index (χ0n) is 14.3. The van der Waals surface area contributed by atoms with Crippen molar-refractivity contribution in [2.45, 2.75) is 39.7 Å². The molecule has 0 fully saturated rings. The fourth-order valence-electron chi connectivity index (χ4n) is 3.28. The molecular weight excluding hydrogens is 310 g/mol. The van der Waals surface area contributed by atoms with Crippen LogP contribution in [-0.2, 0) is 27.9 Å². The minimum absolute atomic E-state index is 0.0248. The molecule has 1 aliphatic rings. The molecule has 0 saturated carbocycles. The van der Waals surface area contributed by atoms with Crippen LogP contribution in [0.15, 0.2) is 6.20 Å². The van der Waals surface area contributed by atoms with E-state index in [4.69, 9.17) is 4.74 Å². The van der Waals surface area contributed by atoms with E-state index in [1.165, 1.54) is 4.68 Å². The van der Waals surface area contributed by atoms with E-state index in [0.717, 1.165) is 22.5 Å². The zero-order valence-corrected chi connectivity index (χ0v) is 14.3.